The lowest BCUT2D eigenvalue weighted by Gasteiger charge is -2.38. The fourth-order valence-corrected chi connectivity index (χ4v) is 3.92. The standard InChI is InChI=1S/C17H20N4O3S/c1-20(2)16-10-13(8-9-18-16)17(22)21-11-15(12-21)25(23,24)19-14-6-4-3-5-7-14/h3-10,15,19H,11-12H2,1-2H3. The molecule has 0 spiro atoms. The lowest BCUT2D eigenvalue weighted by molar-refractivity contribution is 0.0659. The largest absolute Gasteiger partial charge is 0.363 e. The summed E-state index contributed by atoms with van der Waals surface area (Å²) in [6.45, 7) is 0.362. The van der Waals surface area contributed by atoms with Crippen molar-refractivity contribution in [2.75, 3.05) is 36.8 Å². The summed E-state index contributed by atoms with van der Waals surface area (Å²) in [7, 11) is 0.179. The fraction of sp³-hybridized carbons (Fsp3) is 0.294. The summed E-state index contributed by atoms with van der Waals surface area (Å²) >= 11 is 0. The minimum absolute atomic E-state index is 0.181. The zero-order chi connectivity index (χ0) is 18.0. The number of rotatable bonds is 5. The second kappa shape index (κ2) is 6.72. The van der Waals surface area contributed by atoms with E-state index in [1.54, 1.807) is 42.6 Å². The van der Waals surface area contributed by atoms with Gasteiger partial charge >= 0.3 is 0 Å². The van der Waals surface area contributed by atoms with Gasteiger partial charge in [0.25, 0.3) is 5.91 Å². The third-order valence-electron chi connectivity index (χ3n) is 4.06. The monoisotopic (exact) mass is 360 g/mol. The summed E-state index contributed by atoms with van der Waals surface area (Å²) in [5.41, 5.74) is 1.03. The van der Waals surface area contributed by atoms with Crippen LogP contribution in [0.4, 0.5) is 11.5 Å². The number of hydrogen-bond donors (Lipinski definition) is 1. The van der Waals surface area contributed by atoms with Gasteiger partial charge in [0.05, 0.1) is 0 Å². The normalized spacial score (nSPS) is 14.7. The van der Waals surface area contributed by atoms with Crippen LogP contribution in [0.3, 0.4) is 0 Å². The minimum Gasteiger partial charge on any atom is -0.363 e. The molecule has 0 bridgehead atoms. The lowest BCUT2D eigenvalue weighted by atomic mass is 10.1. The van der Waals surface area contributed by atoms with Gasteiger partial charge < -0.3 is 9.80 Å². The van der Waals surface area contributed by atoms with Crippen molar-refractivity contribution in [1.82, 2.24) is 9.88 Å². The third kappa shape index (κ3) is 3.74. The molecule has 1 aliphatic heterocycles. The van der Waals surface area contributed by atoms with Crippen LogP contribution in [-0.2, 0) is 10.0 Å². The Morgan fingerprint density at radius 2 is 1.88 bits per heavy atom. The Morgan fingerprint density at radius 3 is 2.52 bits per heavy atom. The van der Waals surface area contributed by atoms with Gasteiger partial charge in [0.15, 0.2) is 0 Å². The van der Waals surface area contributed by atoms with Crippen molar-refractivity contribution in [2.24, 2.45) is 0 Å². The first-order valence-electron chi connectivity index (χ1n) is 7.86. The number of para-hydroxylation sites is 1. The highest BCUT2D eigenvalue weighted by Crippen LogP contribution is 2.22. The maximum atomic E-state index is 12.5. The van der Waals surface area contributed by atoms with Crippen LogP contribution in [0.1, 0.15) is 10.4 Å². The molecule has 0 saturated carbocycles. The molecule has 1 aromatic carbocycles. The number of pyridine rings is 1. The first-order chi connectivity index (χ1) is 11.9. The molecular formula is C17H20N4O3S. The second-order valence-corrected chi connectivity index (χ2v) is 8.10. The molecule has 1 fully saturated rings. The molecule has 2 heterocycles. The van der Waals surface area contributed by atoms with Gasteiger partial charge in [-0.05, 0) is 24.3 Å². The number of aromatic nitrogens is 1. The molecule has 0 radical (unpaired) electrons. The summed E-state index contributed by atoms with van der Waals surface area (Å²) in [6, 6.07) is 12.1. The maximum absolute atomic E-state index is 12.5. The van der Waals surface area contributed by atoms with Crippen molar-refractivity contribution in [3.8, 4) is 0 Å². The topological polar surface area (TPSA) is 82.6 Å². The number of anilines is 2. The lowest BCUT2D eigenvalue weighted by Crippen LogP contribution is -2.58. The molecule has 1 saturated heterocycles. The van der Waals surface area contributed by atoms with Gasteiger partial charge in [0.2, 0.25) is 10.0 Å². The quantitative estimate of drug-likeness (QED) is 0.872. The third-order valence-corrected chi connectivity index (χ3v) is 5.75. The molecule has 0 aliphatic carbocycles. The van der Waals surface area contributed by atoms with Crippen LogP contribution in [-0.4, -0.2) is 56.6 Å². The molecule has 1 N–H and O–H groups in total. The van der Waals surface area contributed by atoms with Crippen LogP contribution in [0.15, 0.2) is 48.7 Å². The van der Waals surface area contributed by atoms with E-state index in [2.05, 4.69) is 9.71 Å². The molecule has 8 heteroatoms. The van der Waals surface area contributed by atoms with E-state index in [0.29, 0.717) is 17.1 Å². The van der Waals surface area contributed by atoms with Gasteiger partial charge in [-0.2, -0.15) is 0 Å². The Bertz CT molecular complexity index is 862. The predicted molar refractivity (Wildman–Crippen MR) is 97.2 cm³/mol. The number of carbonyl (C=O) groups excluding carboxylic acids is 1. The maximum Gasteiger partial charge on any atom is 0.254 e. The number of amides is 1. The van der Waals surface area contributed by atoms with Crippen molar-refractivity contribution in [1.29, 1.82) is 0 Å². The fourth-order valence-electron chi connectivity index (χ4n) is 2.53. The van der Waals surface area contributed by atoms with E-state index in [4.69, 9.17) is 0 Å². The van der Waals surface area contributed by atoms with E-state index >= 15 is 0 Å². The average Bonchev–Trinajstić information content (AvgIpc) is 2.53. The Morgan fingerprint density at radius 1 is 1.20 bits per heavy atom. The van der Waals surface area contributed by atoms with Crippen molar-refractivity contribution in [3.63, 3.8) is 0 Å². The SMILES string of the molecule is CN(C)c1cc(C(=O)N2CC(S(=O)(=O)Nc3ccccc3)C2)ccn1. The first-order valence-corrected chi connectivity index (χ1v) is 9.41. The Kier molecular flexibility index (Phi) is 4.63. The number of carbonyl (C=O) groups is 1. The van der Waals surface area contributed by atoms with Gasteiger partial charge in [0.1, 0.15) is 11.1 Å². The number of hydrogen-bond acceptors (Lipinski definition) is 5. The summed E-state index contributed by atoms with van der Waals surface area (Å²) in [4.78, 5) is 20.0. The zero-order valence-electron chi connectivity index (χ0n) is 14.1. The smallest absolute Gasteiger partial charge is 0.254 e. The van der Waals surface area contributed by atoms with Crippen molar-refractivity contribution in [3.05, 3.63) is 54.2 Å². The summed E-state index contributed by atoms with van der Waals surface area (Å²) in [5.74, 6) is 0.498. The van der Waals surface area contributed by atoms with Crippen LogP contribution in [0.5, 0.6) is 0 Å². The molecule has 2 aromatic rings. The number of benzene rings is 1. The minimum atomic E-state index is -3.51. The summed E-state index contributed by atoms with van der Waals surface area (Å²) < 4.78 is 27.3. The summed E-state index contributed by atoms with van der Waals surface area (Å²) in [5, 5.41) is -0.605. The van der Waals surface area contributed by atoms with Crippen LogP contribution in [0.2, 0.25) is 0 Å². The van der Waals surface area contributed by atoms with Gasteiger partial charge in [-0.3, -0.25) is 9.52 Å². The molecular weight excluding hydrogens is 340 g/mol. The van der Waals surface area contributed by atoms with E-state index in [1.807, 2.05) is 25.1 Å². The van der Waals surface area contributed by atoms with Gasteiger partial charge in [0, 0.05) is 44.6 Å². The van der Waals surface area contributed by atoms with Crippen LogP contribution in [0.25, 0.3) is 0 Å². The van der Waals surface area contributed by atoms with E-state index in [0.717, 1.165) is 0 Å². The highest BCUT2D eigenvalue weighted by molar-refractivity contribution is 7.93. The predicted octanol–water partition coefficient (Wildman–Crippen LogP) is 1.41. The van der Waals surface area contributed by atoms with Crippen molar-refractivity contribution in [2.45, 2.75) is 5.25 Å². The molecule has 7 nitrogen and oxygen atoms in total. The average molecular weight is 360 g/mol. The van der Waals surface area contributed by atoms with E-state index in [-0.39, 0.29) is 19.0 Å². The number of likely N-dealkylation sites (tertiary alicyclic amines) is 1. The molecule has 1 amide bonds. The van der Waals surface area contributed by atoms with Crippen LogP contribution in [0, 0.1) is 0 Å². The number of nitrogens with one attached hydrogen (secondary N) is 1. The van der Waals surface area contributed by atoms with Crippen molar-refractivity contribution < 1.29 is 13.2 Å². The highest BCUT2D eigenvalue weighted by atomic mass is 32.2. The van der Waals surface area contributed by atoms with E-state index in [1.165, 1.54) is 4.90 Å². The molecule has 1 aliphatic rings. The van der Waals surface area contributed by atoms with E-state index in [9.17, 15) is 13.2 Å². The molecule has 25 heavy (non-hydrogen) atoms. The Hall–Kier alpha value is -2.61. The number of sulfonamides is 1. The van der Waals surface area contributed by atoms with Gasteiger partial charge in [-0.25, -0.2) is 13.4 Å². The molecule has 132 valence electrons. The van der Waals surface area contributed by atoms with Crippen LogP contribution < -0.4 is 9.62 Å². The van der Waals surface area contributed by atoms with Crippen LogP contribution >= 0.6 is 0 Å². The molecule has 0 atom stereocenters. The van der Waals surface area contributed by atoms with Gasteiger partial charge in [-0.1, -0.05) is 18.2 Å². The van der Waals surface area contributed by atoms with Crippen molar-refractivity contribution >= 4 is 27.4 Å². The molecule has 3 rings (SSSR count). The Labute approximate surface area is 147 Å². The van der Waals surface area contributed by atoms with Gasteiger partial charge in [-0.15, -0.1) is 0 Å². The molecule has 1 aromatic heterocycles. The summed E-state index contributed by atoms with van der Waals surface area (Å²) in [6.07, 6.45) is 1.58. The Balaban J connectivity index is 1.63. The second-order valence-electron chi connectivity index (χ2n) is 6.14. The number of nitrogens with zero attached hydrogens (tertiary/aromatic N) is 3. The first kappa shape index (κ1) is 17.2. The highest BCUT2D eigenvalue weighted by Gasteiger charge is 2.40. The van der Waals surface area contributed by atoms with E-state index < -0.39 is 15.3 Å². The molecule has 0 unspecified atom stereocenters. The zero-order valence-corrected chi connectivity index (χ0v) is 14.9.